The standard InChI is InChI=1S/C18H23NOS/c1-14(19-3)15-8-7-11-17(12-15)21-13-18(2,20)16-9-5-4-6-10-16/h4-12,14,19-20H,13H2,1-3H3. The summed E-state index contributed by atoms with van der Waals surface area (Å²) in [5.41, 5.74) is 1.40. The van der Waals surface area contributed by atoms with Crippen LogP contribution >= 0.6 is 11.8 Å². The molecule has 21 heavy (non-hydrogen) atoms. The van der Waals surface area contributed by atoms with Crippen LogP contribution in [0.3, 0.4) is 0 Å². The lowest BCUT2D eigenvalue weighted by Crippen LogP contribution is -2.24. The lowest BCUT2D eigenvalue weighted by atomic mass is 9.99. The van der Waals surface area contributed by atoms with Crippen LogP contribution in [-0.4, -0.2) is 17.9 Å². The number of hydrogen-bond acceptors (Lipinski definition) is 3. The second-order valence-electron chi connectivity index (χ2n) is 5.51. The van der Waals surface area contributed by atoms with Crippen LogP contribution < -0.4 is 5.32 Å². The van der Waals surface area contributed by atoms with Gasteiger partial charge in [0.2, 0.25) is 0 Å². The molecule has 2 atom stereocenters. The van der Waals surface area contributed by atoms with Gasteiger partial charge in [-0.1, -0.05) is 42.5 Å². The molecule has 0 aliphatic rings. The Morgan fingerprint density at radius 1 is 1.14 bits per heavy atom. The van der Waals surface area contributed by atoms with Crippen molar-refractivity contribution in [3.63, 3.8) is 0 Å². The number of benzene rings is 2. The third-order valence-corrected chi connectivity index (χ3v) is 5.00. The SMILES string of the molecule is CNC(C)c1cccc(SCC(C)(O)c2ccccc2)c1. The van der Waals surface area contributed by atoms with Gasteiger partial charge in [0, 0.05) is 16.7 Å². The molecule has 0 aromatic heterocycles. The highest BCUT2D eigenvalue weighted by atomic mass is 32.2. The zero-order valence-electron chi connectivity index (χ0n) is 12.8. The first-order chi connectivity index (χ1) is 10.0. The normalized spacial score (nSPS) is 15.4. The Labute approximate surface area is 131 Å². The summed E-state index contributed by atoms with van der Waals surface area (Å²) >= 11 is 1.69. The van der Waals surface area contributed by atoms with Crippen molar-refractivity contribution < 1.29 is 5.11 Å². The Hall–Kier alpha value is -1.29. The molecule has 2 aromatic rings. The van der Waals surface area contributed by atoms with Crippen molar-refractivity contribution in [2.75, 3.05) is 12.8 Å². The largest absolute Gasteiger partial charge is 0.385 e. The minimum absolute atomic E-state index is 0.334. The molecular weight excluding hydrogens is 278 g/mol. The predicted molar refractivity (Wildman–Crippen MR) is 90.7 cm³/mol. The molecule has 0 aliphatic heterocycles. The fourth-order valence-corrected chi connectivity index (χ4v) is 3.15. The summed E-state index contributed by atoms with van der Waals surface area (Å²) in [6.07, 6.45) is 0. The molecule has 0 amide bonds. The van der Waals surface area contributed by atoms with Gasteiger partial charge in [-0.15, -0.1) is 11.8 Å². The van der Waals surface area contributed by atoms with Crippen LogP contribution in [0.4, 0.5) is 0 Å². The molecule has 112 valence electrons. The van der Waals surface area contributed by atoms with Crippen LogP contribution in [0.5, 0.6) is 0 Å². The zero-order chi connectivity index (χ0) is 15.3. The quantitative estimate of drug-likeness (QED) is 0.792. The van der Waals surface area contributed by atoms with Crippen molar-refractivity contribution in [2.24, 2.45) is 0 Å². The van der Waals surface area contributed by atoms with Gasteiger partial charge in [0.1, 0.15) is 0 Å². The second kappa shape index (κ2) is 7.12. The summed E-state index contributed by atoms with van der Waals surface area (Å²) in [4.78, 5) is 1.19. The average molecular weight is 301 g/mol. The molecule has 0 fully saturated rings. The summed E-state index contributed by atoms with van der Waals surface area (Å²) < 4.78 is 0. The van der Waals surface area contributed by atoms with Gasteiger partial charge in [-0.05, 0) is 44.2 Å². The molecule has 0 bridgehead atoms. The van der Waals surface area contributed by atoms with Gasteiger partial charge >= 0.3 is 0 Å². The van der Waals surface area contributed by atoms with E-state index in [9.17, 15) is 5.11 Å². The van der Waals surface area contributed by atoms with Crippen molar-refractivity contribution in [2.45, 2.75) is 30.4 Å². The number of aliphatic hydroxyl groups is 1. The molecule has 0 saturated carbocycles. The molecule has 0 spiro atoms. The van der Waals surface area contributed by atoms with E-state index in [1.807, 2.05) is 44.3 Å². The van der Waals surface area contributed by atoms with Gasteiger partial charge in [-0.2, -0.15) is 0 Å². The summed E-state index contributed by atoms with van der Waals surface area (Å²) in [5, 5.41) is 13.9. The molecule has 3 heteroatoms. The van der Waals surface area contributed by atoms with E-state index in [0.717, 1.165) is 5.56 Å². The maximum Gasteiger partial charge on any atom is 0.0962 e. The Morgan fingerprint density at radius 2 is 1.86 bits per heavy atom. The first-order valence-electron chi connectivity index (χ1n) is 7.21. The van der Waals surface area contributed by atoms with Gasteiger partial charge < -0.3 is 10.4 Å². The van der Waals surface area contributed by atoms with Crippen molar-refractivity contribution in [3.05, 3.63) is 65.7 Å². The molecule has 2 aromatic carbocycles. The van der Waals surface area contributed by atoms with Gasteiger partial charge in [-0.3, -0.25) is 0 Å². The van der Waals surface area contributed by atoms with Crippen LogP contribution in [0.2, 0.25) is 0 Å². The maximum atomic E-state index is 10.6. The van der Waals surface area contributed by atoms with Gasteiger partial charge in [0.15, 0.2) is 0 Å². The fourth-order valence-electron chi connectivity index (χ4n) is 2.14. The smallest absolute Gasteiger partial charge is 0.0962 e. The van der Waals surface area contributed by atoms with E-state index in [1.54, 1.807) is 11.8 Å². The lowest BCUT2D eigenvalue weighted by Gasteiger charge is -2.23. The topological polar surface area (TPSA) is 32.3 Å². The van der Waals surface area contributed by atoms with Crippen molar-refractivity contribution in [1.82, 2.24) is 5.32 Å². The monoisotopic (exact) mass is 301 g/mol. The highest BCUT2D eigenvalue weighted by Crippen LogP contribution is 2.30. The summed E-state index contributed by atoms with van der Waals surface area (Å²) in [5.74, 6) is 0.633. The van der Waals surface area contributed by atoms with Crippen LogP contribution in [0.15, 0.2) is 59.5 Å². The van der Waals surface area contributed by atoms with Crippen LogP contribution in [-0.2, 0) is 5.60 Å². The molecule has 2 unspecified atom stereocenters. The lowest BCUT2D eigenvalue weighted by molar-refractivity contribution is 0.0839. The molecular formula is C18H23NOS. The Balaban J connectivity index is 2.06. The molecule has 2 N–H and O–H groups in total. The molecule has 2 rings (SSSR count). The number of nitrogens with one attached hydrogen (secondary N) is 1. The minimum atomic E-state index is -0.823. The maximum absolute atomic E-state index is 10.6. The van der Waals surface area contributed by atoms with Gasteiger partial charge in [0.05, 0.1) is 5.60 Å². The minimum Gasteiger partial charge on any atom is -0.385 e. The van der Waals surface area contributed by atoms with E-state index >= 15 is 0 Å². The number of rotatable bonds is 6. The summed E-state index contributed by atoms with van der Waals surface area (Å²) in [6.45, 7) is 4.01. The van der Waals surface area contributed by atoms with Crippen LogP contribution in [0.25, 0.3) is 0 Å². The van der Waals surface area contributed by atoms with Crippen molar-refractivity contribution >= 4 is 11.8 Å². The van der Waals surface area contributed by atoms with E-state index in [-0.39, 0.29) is 0 Å². The predicted octanol–water partition coefficient (Wildman–Crippen LogP) is 3.97. The number of thioether (sulfide) groups is 1. The Kier molecular flexibility index (Phi) is 5.45. The third-order valence-electron chi connectivity index (χ3n) is 3.71. The molecule has 0 aliphatic carbocycles. The second-order valence-corrected chi connectivity index (χ2v) is 6.56. The van der Waals surface area contributed by atoms with E-state index in [1.165, 1.54) is 10.5 Å². The van der Waals surface area contributed by atoms with Crippen LogP contribution in [0, 0.1) is 0 Å². The molecule has 0 saturated heterocycles. The number of hydrogen-bond donors (Lipinski definition) is 2. The van der Waals surface area contributed by atoms with E-state index < -0.39 is 5.60 Å². The fraction of sp³-hybridized carbons (Fsp3) is 0.333. The Morgan fingerprint density at radius 3 is 2.52 bits per heavy atom. The van der Waals surface area contributed by atoms with Crippen LogP contribution in [0.1, 0.15) is 31.0 Å². The third kappa shape index (κ3) is 4.34. The summed E-state index contributed by atoms with van der Waals surface area (Å²) in [7, 11) is 1.96. The highest BCUT2D eigenvalue weighted by molar-refractivity contribution is 7.99. The summed E-state index contributed by atoms with van der Waals surface area (Å²) in [6, 6.07) is 18.6. The molecule has 2 nitrogen and oxygen atoms in total. The van der Waals surface area contributed by atoms with E-state index in [4.69, 9.17) is 0 Å². The van der Waals surface area contributed by atoms with Crippen molar-refractivity contribution in [3.8, 4) is 0 Å². The highest BCUT2D eigenvalue weighted by Gasteiger charge is 2.22. The van der Waals surface area contributed by atoms with Gasteiger partial charge in [-0.25, -0.2) is 0 Å². The van der Waals surface area contributed by atoms with E-state index in [0.29, 0.717) is 11.8 Å². The van der Waals surface area contributed by atoms with Gasteiger partial charge in [0.25, 0.3) is 0 Å². The molecule has 0 radical (unpaired) electrons. The first-order valence-corrected chi connectivity index (χ1v) is 8.19. The zero-order valence-corrected chi connectivity index (χ0v) is 13.7. The van der Waals surface area contributed by atoms with Crippen molar-refractivity contribution in [1.29, 1.82) is 0 Å². The average Bonchev–Trinajstić information content (AvgIpc) is 2.53. The first kappa shape index (κ1) is 16.1. The Bertz CT molecular complexity index is 568. The molecule has 0 heterocycles. The van der Waals surface area contributed by atoms with E-state index in [2.05, 4.69) is 36.5 Å².